The maximum atomic E-state index is 10.7. The Balaban J connectivity index is 3.64. The number of hydrogen-bond donors (Lipinski definition) is 3. The third-order valence-corrected chi connectivity index (χ3v) is 1.15. The van der Waals surface area contributed by atoms with Gasteiger partial charge in [-0.05, 0) is 7.05 Å². The van der Waals surface area contributed by atoms with Gasteiger partial charge in [0.1, 0.15) is 0 Å². The first-order chi connectivity index (χ1) is 4.26. The molecule has 0 saturated heterocycles. The van der Waals surface area contributed by atoms with Gasteiger partial charge in [-0.15, -0.1) is 0 Å². The van der Waals surface area contributed by atoms with E-state index in [0.717, 1.165) is 0 Å². The Hall–Kier alpha value is -0.610. The lowest BCUT2D eigenvalue weighted by molar-refractivity contribution is -0.122. The number of hydrogen-bond acceptors (Lipinski definition) is 3. The van der Waals surface area contributed by atoms with E-state index in [9.17, 15) is 4.79 Å². The molecule has 0 saturated carbocycles. The maximum Gasteiger partial charge on any atom is 0.238 e. The summed E-state index contributed by atoms with van der Waals surface area (Å²) in [5, 5.41) is 5.25. The number of likely N-dealkylation sites (N-methyl/N-ethyl adjacent to an activating group) is 2. The lowest BCUT2D eigenvalue weighted by atomic mass is 10.3. The van der Waals surface area contributed by atoms with Gasteiger partial charge in [0.05, 0.1) is 6.04 Å². The van der Waals surface area contributed by atoms with Gasteiger partial charge in [-0.2, -0.15) is 0 Å². The van der Waals surface area contributed by atoms with Crippen LogP contribution in [0.3, 0.4) is 0 Å². The molecule has 9 heavy (non-hydrogen) atoms. The van der Waals surface area contributed by atoms with Crippen molar-refractivity contribution in [3.63, 3.8) is 0 Å². The third-order valence-electron chi connectivity index (χ3n) is 1.15. The predicted octanol–water partition coefficient (Wildman–Crippen LogP) is -1.72. The summed E-state index contributed by atoms with van der Waals surface area (Å²) in [5.74, 6) is -0.0694. The van der Waals surface area contributed by atoms with Gasteiger partial charge in [0.25, 0.3) is 0 Å². The van der Waals surface area contributed by atoms with Crippen molar-refractivity contribution in [2.24, 2.45) is 5.73 Å². The summed E-state index contributed by atoms with van der Waals surface area (Å²) in [5.41, 5.74) is 5.24. The molecule has 0 rings (SSSR count). The fourth-order valence-corrected chi connectivity index (χ4v) is 0.530. The van der Waals surface area contributed by atoms with Gasteiger partial charge in [0.2, 0.25) is 5.91 Å². The Kier molecular flexibility index (Phi) is 4.00. The van der Waals surface area contributed by atoms with Crippen molar-refractivity contribution in [3.8, 4) is 0 Å². The molecule has 0 bridgehead atoms. The standard InChI is InChI=1S/C5H13N3O/c1-7-4(3-6)5(9)8-2/h4,7H,3,6H2,1-2H3,(H,8,9). The summed E-state index contributed by atoms with van der Waals surface area (Å²) in [4.78, 5) is 10.7. The maximum absolute atomic E-state index is 10.7. The van der Waals surface area contributed by atoms with Gasteiger partial charge < -0.3 is 16.4 Å². The minimum absolute atomic E-state index is 0.0694. The highest BCUT2D eigenvalue weighted by Gasteiger charge is 2.10. The van der Waals surface area contributed by atoms with Crippen molar-refractivity contribution in [1.82, 2.24) is 10.6 Å². The fourth-order valence-electron chi connectivity index (χ4n) is 0.530. The SMILES string of the molecule is CNC(=O)C(CN)NC. The molecule has 4 N–H and O–H groups in total. The van der Waals surface area contributed by atoms with E-state index in [4.69, 9.17) is 5.73 Å². The number of carbonyl (C=O) groups excluding carboxylic acids is 1. The zero-order valence-corrected chi connectivity index (χ0v) is 5.77. The summed E-state index contributed by atoms with van der Waals surface area (Å²) in [6, 6.07) is -0.255. The first-order valence-electron chi connectivity index (χ1n) is 2.85. The average Bonchev–Trinajstić information content (AvgIpc) is 1.90. The van der Waals surface area contributed by atoms with Gasteiger partial charge in [-0.25, -0.2) is 0 Å². The smallest absolute Gasteiger partial charge is 0.238 e. The van der Waals surface area contributed by atoms with E-state index in [1.54, 1.807) is 14.1 Å². The topological polar surface area (TPSA) is 67.2 Å². The van der Waals surface area contributed by atoms with Crippen molar-refractivity contribution in [2.75, 3.05) is 20.6 Å². The molecule has 1 atom stereocenters. The average molecular weight is 131 g/mol. The molecule has 0 aliphatic heterocycles. The van der Waals surface area contributed by atoms with Crippen LogP contribution in [0.15, 0.2) is 0 Å². The second-order valence-electron chi connectivity index (χ2n) is 1.69. The zero-order valence-electron chi connectivity index (χ0n) is 5.77. The van der Waals surface area contributed by atoms with E-state index in [1.165, 1.54) is 0 Å². The van der Waals surface area contributed by atoms with Crippen LogP contribution in [0.5, 0.6) is 0 Å². The van der Waals surface area contributed by atoms with Crippen molar-refractivity contribution in [2.45, 2.75) is 6.04 Å². The second-order valence-corrected chi connectivity index (χ2v) is 1.69. The van der Waals surface area contributed by atoms with E-state index < -0.39 is 0 Å². The van der Waals surface area contributed by atoms with Crippen LogP contribution in [0, 0.1) is 0 Å². The third kappa shape index (κ3) is 2.43. The van der Waals surface area contributed by atoms with E-state index in [1.807, 2.05) is 0 Å². The Morgan fingerprint density at radius 3 is 2.33 bits per heavy atom. The van der Waals surface area contributed by atoms with Crippen molar-refractivity contribution in [1.29, 1.82) is 0 Å². The molecule has 0 aromatic heterocycles. The highest BCUT2D eigenvalue weighted by Crippen LogP contribution is 1.75. The second kappa shape index (κ2) is 4.29. The highest BCUT2D eigenvalue weighted by atomic mass is 16.2. The van der Waals surface area contributed by atoms with E-state index in [0.29, 0.717) is 6.54 Å². The van der Waals surface area contributed by atoms with Crippen LogP contribution in [0.25, 0.3) is 0 Å². The van der Waals surface area contributed by atoms with Gasteiger partial charge >= 0.3 is 0 Å². The Morgan fingerprint density at radius 1 is 1.67 bits per heavy atom. The van der Waals surface area contributed by atoms with Gasteiger partial charge in [-0.3, -0.25) is 4.79 Å². The normalized spacial score (nSPS) is 12.8. The first kappa shape index (κ1) is 8.39. The van der Waals surface area contributed by atoms with E-state index in [-0.39, 0.29) is 11.9 Å². The molecule has 4 nitrogen and oxygen atoms in total. The highest BCUT2D eigenvalue weighted by molar-refractivity contribution is 5.81. The summed E-state index contributed by atoms with van der Waals surface area (Å²) < 4.78 is 0. The molecule has 0 radical (unpaired) electrons. The molecule has 4 heteroatoms. The first-order valence-corrected chi connectivity index (χ1v) is 2.85. The lowest BCUT2D eigenvalue weighted by Gasteiger charge is -2.10. The van der Waals surface area contributed by atoms with Crippen LogP contribution in [0.4, 0.5) is 0 Å². The molecule has 1 amide bonds. The Bertz CT molecular complexity index is 90.2. The van der Waals surface area contributed by atoms with Crippen LogP contribution >= 0.6 is 0 Å². The summed E-state index contributed by atoms with van der Waals surface area (Å²) in [6.07, 6.45) is 0. The summed E-state index contributed by atoms with van der Waals surface area (Å²) in [6.45, 7) is 0.330. The number of rotatable bonds is 3. The van der Waals surface area contributed by atoms with Crippen LogP contribution < -0.4 is 16.4 Å². The van der Waals surface area contributed by atoms with Crippen molar-refractivity contribution >= 4 is 5.91 Å². The summed E-state index contributed by atoms with van der Waals surface area (Å²) >= 11 is 0. The van der Waals surface area contributed by atoms with Crippen LogP contribution in [-0.4, -0.2) is 32.6 Å². The number of carbonyl (C=O) groups is 1. The van der Waals surface area contributed by atoms with Crippen LogP contribution in [0.2, 0.25) is 0 Å². The largest absolute Gasteiger partial charge is 0.358 e. The number of nitrogens with two attached hydrogens (primary N) is 1. The molecule has 0 aliphatic rings. The van der Waals surface area contributed by atoms with Crippen molar-refractivity contribution < 1.29 is 4.79 Å². The van der Waals surface area contributed by atoms with Crippen LogP contribution in [0.1, 0.15) is 0 Å². The molecule has 0 aliphatic carbocycles. The Labute approximate surface area is 54.8 Å². The van der Waals surface area contributed by atoms with Gasteiger partial charge in [-0.1, -0.05) is 0 Å². The van der Waals surface area contributed by atoms with Gasteiger partial charge in [0.15, 0.2) is 0 Å². The minimum Gasteiger partial charge on any atom is -0.358 e. The van der Waals surface area contributed by atoms with Crippen LogP contribution in [-0.2, 0) is 4.79 Å². The molecule has 54 valence electrons. The molecular formula is C5H13N3O. The fraction of sp³-hybridized carbons (Fsp3) is 0.800. The predicted molar refractivity (Wildman–Crippen MR) is 36.0 cm³/mol. The van der Waals surface area contributed by atoms with E-state index in [2.05, 4.69) is 10.6 Å². The molecule has 0 aromatic carbocycles. The Morgan fingerprint density at radius 2 is 2.22 bits per heavy atom. The minimum atomic E-state index is -0.255. The lowest BCUT2D eigenvalue weighted by Crippen LogP contribution is -2.45. The molecule has 0 heterocycles. The van der Waals surface area contributed by atoms with Gasteiger partial charge in [0, 0.05) is 13.6 Å². The summed E-state index contributed by atoms with van der Waals surface area (Å²) in [7, 11) is 3.29. The monoisotopic (exact) mass is 131 g/mol. The molecular weight excluding hydrogens is 118 g/mol. The molecule has 0 fully saturated rings. The molecule has 0 aromatic rings. The number of amides is 1. The zero-order chi connectivity index (χ0) is 7.28. The van der Waals surface area contributed by atoms with E-state index >= 15 is 0 Å². The quantitative estimate of drug-likeness (QED) is 0.427. The number of nitrogens with one attached hydrogen (secondary N) is 2. The van der Waals surface area contributed by atoms with Crippen molar-refractivity contribution in [3.05, 3.63) is 0 Å². The molecule has 1 unspecified atom stereocenters. The molecule has 0 spiro atoms.